The van der Waals surface area contributed by atoms with Crippen molar-refractivity contribution in [1.82, 2.24) is 0 Å². The van der Waals surface area contributed by atoms with Gasteiger partial charge in [0.1, 0.15) is 5.82 Å². The number of aryl methyl sites for hydroxylation is 2. The van der Waals surface area contributed by atoms with Gasteiger partial charge in [-0.05, 0) is 41.5 Å². The summed E-state index contributed by atoms with van der Waals surface area (Å²) in [4.78, 5) is 0. The van der Waals surface area contributed by atoms with Crippen LogP contribution in [0.25, 0.3) is 21.9 Å². The minimum absolute atomic E-state index is 0.172. The van der Waals surface area contributed by atoms with Gasteiger partial charge >= 0.3 is 0 Å². The van der Waals surface area contributed by atoms with Crippen molar-refractivity contribution in [1.29, 1.82) is 0 Å². The second-order valence-corrected chi connectivity index (χ2v) is 5.79. The van der Waals surface area contributed by atoms with Gasteiger partial charge in [0.25, 0.3) is 0 Å². The zero-order chi connectivity index (χ0) is 16.6. The Morgan fingerprint density at radius 1 is 0.826 bits per heavy atom. The first-order valence-corrected chi connectivity index (χ1v) is 7.69. The highest BCUT2D eigenvalue weighted by molar-refractivity contribution is 5.89. The molecule has 0 spiro atoms. The summed E-state index contributed by atoms with van der Waals surface area (Å²) in [6, 6.07) is 12.2. The number of rotatable bonds is 3. The molecule has 0 heterocycles. The molecule has 0 nitrogen and oxygen atoms in total. The Hall–Kier alpha value is -2.29. The molecule has 0 amide bonds. The van der Waals surface area contributed by atoms with Gasteiger partial charge in [-0.3, -0.25) is 0 Å². The lowest BCUT2D eigenvalue weighted by Crippen LogP contribution is -1.96. The predicted molar refractivity (Wildman–Crippen MR) is 88.0 cm³/mol. The maximum atomic E-state index is 14.8. The van der Waals surface area contributed by atoms with Crippen molar-refractivity contribution in [3.63, 3.8) is 0 Å². The number of benzene rings is 3. The van der Waals surface area contributed by atoms with Crippen molar-refractivity contribution in [2.24, 2.45) is 0 Å². The van der Waals surface area contributed by atoms with Crippen LogP contribution in [0.3, 0.4) is 0 Å². The molecule has 0 aliphatic carbocycles. The van der Waals surface area contributed by atoms with Crippen LogP contribution in [-0.2, 0) is 6.42 Å². The highest BCUT2D eigenvalue weighted by atomic mass is 19.2. The largest absolute Gasteiger partial charge is 0.206 e. The van der Waals surface area contributed by atoms with Gasteiger partial charge in [0.05, 0.1) is 5.39 Å². The van der Waals surface area contributed by atoms with Crippen LogP contribution < -0.4 is 0 Å². The van der Waals surface area contributed by atoms with Crippen molar-refractivity contribution in [2.45, 2.75) is 26.7 Å². The summed E-state index contributed by atoms with van der Waals surface area (Å²) in [7, 11) is 0. The highest BCUT2D eigenvalue weighted by Crippen LogP contribution is 2.32. The second-order valence-electron chi connectivity index (χ2n) is 5.79. The number of hydrogen-bond acceptors (Lipinski definition) is 0. The molecule has 23 heavy (non-hydrogen) atoms. The first-order chi connectivity index (χ1) is 11.0. The van der Waals surface area contributed by atoms with Crippen LogP contribution in [0.15, 0.2) is 42.5 Å². The van der Waals surface area contributed by atoms with Gasteiger partial charge in [-0.15, -0.1) is 0 Å². The van der Waals surface area contributed by atoms with E-state index in [1.807, 2.05) is 24.3 Å². The SMILES string of the molecule is CCCc1ccc(-c2ccc3cc(C)c(F)c(F)c3c2F)cc1. The average molecular weight is 314 g/mol. The van der Waals surface area contributed by atoms with E-state index < -0.39 is 17.5 Å². The summed E-state index contributed by atoms with van der Waals surface area (Å²) in [5.74, 6) is -2.84. The molecule has 118 valence electrons. The van der Waals surface area contributed by atoms with Crippen molar-refractivity contribution in [3.8, 4) is 11.1 Å². The van der Waals surface area contributed by atoms with Crippen LogP contribution in [0.5, 0.6) is 0 Å². The molecule has 3 heteroatoms. The van der Waals surface area contributed by atoms with Gasteiger partial charge in [-0.25, -0.2) is 13.2 Å². The lowest BCUT2D eigenvalue weighted by molar-refractivity contribution is 0.507. The molecule has 0 saturated heterocycles. The molecule has 0 unspecified atom stereocenters. The Kier molecular flexibility index (Phi) is 4.12. The van der Waals surface area contributed by atoms with Crippen molar-refractivity contribution < 1.29 is 13.2 Å². The molecular weight excluding hydrogens is 297 g/mol. The summed E-state index contributed by atoms with van der Waals surface area (Å²) in [5.41, 5.74) is 2.28. The zero-order valence-electron chi connectivity index (χ0n) is 13.1. The van der Waals surface area contributed by atoms with Crippen LogP contribution >= 0.6 is 0 Å². The molecule has 0 N–H and O–H groups in total. The molecule has 0 fully saturated rings. The Morgan fingerprint density at radius 3 is 2.17 bits per heavy atom. The van der Waals surface area contributed by atoms with E-state index in [2.05, 4.69) is 6.92 Å². The minimum atomic E-state index is -1.12. The fourth-order valence-corrected chi connectivity index (χ4v) is 2.88. The fourth-order valence-electron chi connectivity index (χ4n) is 2.88. The van der Waals surface area contributed by atoms with E-state index in [9.17, 15) is 13.2 Å². The van der Waals surface area contributed by atoms with Crippen LogP contribution in [0.2, 0.25) is 0 Å². The van der Waals surface area contributed by atoms with Gasteiger partial charge in [0.2, 0.25) is 0 Å². The number of fused-ring (bicyclic) bond motifs is 1. The Bertz CT molecular complexity index is 864. The van der Waals surface area contributed by atoms with Crippen molar-refractivity contribution in [2.75, 3.05) is 0 Å². The van der Waals surface area contributed by atoms with Gasteiger partial charge in [-0.2, -0.15) is 0 Å². The monoisotopic (exact) mass is 314 g/mol. The molecule has 0 bridgehead atoms. The molecule has 0 aliphatic rings. The summed E-state index contributed by atoms with van der Waals surface area (Å²) in [6.07, 6.45) is 1.99. The summed E-state index contributed by atoms with van der Waals surface area (Å²) < 4.78 is 42.7. The van der Waals surface area contributed by atoms with E-state index in [1.54, 1.807) is 12.1 Å². The standard InChI is InChI=1S/C20H17F3/c1-3-4-13-5-7-14(8-6-13)16-10-9-15-11-12(2)18(21)20(23)17(15)19(16)22/h5-11H,3-4H2,1-2H3. The van der Waals surface area contributed by atoms with Gasteiger partial charge < -0.3 is 0 Å². The first kappa shape index (κ1) is 15.6. The second kappa shape index (κ2) is 6.07. The van der Waals surface area contributed by atoms with E-state index >= 15 is 0 Å². The lowest BCUT2D eigenvalue weighted by Gasteiger charge is -2.10. The van der Waals surface area contributed by atoms with Gasteiger partial charge in [-0.1, -0.05) is 49.7 Å². The van der Waals surface area contributed by atoms with Gasteiger partial charge in [0.15, 0.2) is 11.6 Å². The molecular formula is C20H17F3. The van der Waals surface area contributed by atoms with Crippen molar-refractivity contribution in [3.05, 3.63) is 71.0 Å². The van der Waals surface area contributed by atoms with Crippen LogP contribution in [0, 0.1) is 24.4 Å². The predicted octanol–water partition coefficient (Wildman–Crippen LogP) is 6.19. The van der Waals surface area contributed by atoms with E-state index in [1.165, 1.54) is 18.6 Å². The van der Waals surface area contributed by atoms with E-state index in [4.69, 9.17) is 0 Å². The molecule has 3 aromatic rings. The van der Waals surface area contributed by atoms with E-state index in [0.717, 1.165) is 12.8 Å². The van der Waals surface area contributed by atoms with Crippen LogP contribution in [0.1, 0.15) is 24.5 Å². The van der Waals surface area contributed by atoms with Crippen molar-refractivity contribution >= 4 is 10.8 Å². The Balaban J connectivity index is 2.17. The molecule has 3 aromatic carbocycles. The highest BCUT2D eigenvalue weighted by Gasteiger charge is 2.17. The van der Waals surface area contributed by atoms with E-state index in [-0.39, 0.29) is 16.5 Å². The van der Waals surface area contributed by atoms with Crippen LogP contribution in [0.4, 0.5) is 13.2 Å². The summed E-state index contributed by atoms with van der Waals surface area (Å²) in [5, 5.41) is 0.0773. The third kappa shape index (κ3) is 2.72. The third-order valence-corrected chi connectivity index (χ3v) is 4.11. The lowest BCUT2D eigenvalue weighted by atomic mass is 9.97. The molecule has 0 radical (unpaired) electrons. The quantitative estimate of drug-likeness (QED) is 0.541. The minimum Gasteiger partial charge on any atom is -0.206 e. The summed E-state index contributed by atoms with van der Waals surface area (Å²) >= 11 is 0. The topological polar surface area (TPSA) is 0 Å². The van der Waals surface area contributed by atoms with Crippen LogP contribution in [-0.4, -0.2) is 0 Å². The molecule has 0 aliphatic heterocycles. The Labute approximate surface area is 133 Å². The number of halogens is 3. The molecule has 0 saturated carbocycles. The molecule has 0 atom stereocenters. The van der Waals surface area contributed by atoms with E-state index in [0.29, 0.717) is 10.9 Å². The Morgan fingerprint density at radius 2 is 1.52 bits per heavy atom. The average Bonchev–Trinajstić information content (AvgIpc) is 2.54. The fraction of sp³-hybridized carbons (Fsp3) is 0.200. The first-order valence-electron chi connectivity index (χ1n) is 7.69. The molecule has 0 aromatic heterocycles. The maximum Gasteiger partial charge on any atom is 0.169 e. The smallest absolute Gasteiger partial charge is 0.169 e. The maximum absolute atomic E-state index is 14.8. The molecule has 3 rings (SSSR count). The summed E-state index contributed by atoms with van der Waals surface area (Å²) in [6.45, 7) is 3.56. The van der Waals surface area contributed by atoms with Gasteiger partial charge in [0, 0.05) is 5.56 Å². The normalized spacial score (nSPS) is 11.2. The zero-order valence-corrected chi connectivity index (χ0v) is 13.1. The number of hydrogen-bond donors (Lipinski definition) is 0. The third-order valence-electron chi connectivity index (χ3n) is 4.11.